The van der Waals surface area contributed by atoms with Crippen molar-refractivity contribution in [2.24, 2.45) is 10.4 Å². The van der Waals surface area contributed by atoms with Gasteiger partial charge in [0.2, 0.25) is 0 Å². The molecule has 1 heterocycles. The molecule has 6 heteroatoms. The van der Waals surface area contributed by atoms with Crippen molar-refractivity contribution in [3.8, 4) is 0 Å². The van der Waals surface area contributed by atoms with Gasteiger partial charge in [0, 0.05) is 52.0 Å². The highest BCUT2D eigenvalue weighted by molar-refractivity contribution is 5.79. The molecule has 0 bridgehead atoms. The largest absolute Gasteiger partial charge is 0.385 e. The highest BCUT2D eigenvalue weighted by Crippen LogP contribution is 2.44. The summed E-state index contributed by atoms with van der Waals surface area (Å²) in [6.07, 6.45) is 5.01. The third-order valence-electron chi connectivity index (χ3n) is 5.72. The average molecular weight is 355 g/mol. The van der Waals surface area contributed by atoms with Gasteiger partial charge in [0.15, 0.2) is 5.96 Å². The average Bonchev–Trinajstić information content (AvgIpc) is 2.58. The van der Waals surface area contributed by atoms with Crippen LogP contribution in [0.5, 0.6) is 0 Å². The fourth-order valence-corrected chi connectivity index (χ4v) is 3.83. The molecule has 1 saturated carbocycles. The molecule has 2 unspecified atom stereocenters. The van der Waals surface area contributed by atoms with Crippen molar-refractivity contribution in [1.29, 1.82) is 0 Å². The van der Waals surface area contributed by atoms with Crippen molar-refractivity contribution in [3.63, 3.8) is 0 Å². The van der Waals surface area contributed by atoms with Gasteiger partial charge in [-0.2, -0.15) is 0 Å². The third kappa shape index (κ3) is 6.12. The van der Waals surface area contributed by atoms with E-state index in [9.17, 15) is 0 Å². The predicted molar refractivity (Wildman–Crippen MR) is 103 cm³/mol. The van der Waals surface area contributed by atoms with Gasteiger partial charge in [0.05, 0.1) is 13.2 Å². The lowest BCUT2D eigenvalue weighted by atomic mass is 9.67. The summed E-state index contributed by atoms with van der Waals surface area (Å²) in [5.74, 6) is 0.943. The Hall–Kier alpha value is -0.850. The van der Waals surface area contributed by atoms with Gasteiger partial charge in [-0.25, -0.2) is 0 Å². The number of hydrogen-bond donors (Lipinski definition) is 2. The Morgan fingerprint density at radius 1 is 1.40 bits per heavy atom. The minimum atomic E-state index is 0.364. The molecule has 2 atom stereocenters. The van der Waals surface area contributed by atoms with Crippen molar-refractivity contribution in [2.75, 3.05) is 53.1 Å². The van der Waals surface area contributed by atoms with Gasteiger partial charge < -0.3 is 20.1 Å². The van der Waals surface area contributed by atoms with Gasteiger partial charge in [0.25, 0.3) is 0 Å². The fraction of sp³-hybridized carbons (Fsp3) is 0.947. The van der Waals surface area contributed by atoms with Crippen LogP contribution in [0.3, 0.4) is 0 Å². The van der Waals surface area contributed by atoms with E-state index in [2.05, 4.69) is 36.3 Å². The van der Waals surface area contributed by atoms with E-state index in [1.165, 1.54) is 19.3 Å². The molecule has 1 aliphatic carbocycles. The second-order valence-electron chi connectivity index (χ2n) is 7.68. The molecule has 25 heavy (non-hydrogen) atoms. The lowest BCUT2D eigenvalue weighted by molar-refractivity contribution is -0.0174. The molecule has 1 saturated heterocycles. The zero-order chi connectivity index (χ0) is 18.1. The highest BCUT2D eigenvalue weighted by Gasteiger charge is 2.36. The number of methoxy groups -OCH3 is 1. The second-order valence-corrected chi connectivity index (χ2v) is 7.68. The maximum absolute atomic E-state index is 5.54. The summed E-state index contributed by atoms with van der Waals surface area (Å²) >= 11 is 0. The topological polar surface area (TPSA) is 58.1 Å². The number of nitrogens with zero attached hydrogens (tertiary/aromatic N) is 2. The van der Waals surface area contributed by atoms with Crippen LogP contribution in [0.15, 0.2) is 4.99 Å². The number of nitrogens with one attached hydrogen (secondary N) is 2. The summed E-state index contributed by atoms with van der Waals surface area (Å²) in [5.41, 5.74) is 0.364. The first-order valence-corrected chi connectivity index (χ1v) is 9.95. The normalized spacial score (nSPS) is 25.3. The number of rotatable bonds is 9. The maximum atomic E-state index is 5.54. The van der Waals surface area contributed by atoms with Gasteiger partial charge >= 0.3 is 0 Å². The molecule has 6 nitrogen and oxygen atoms in total. The molecular weight excluding hydrogens is 316 g/mol. The van der Waals surface area contributed by atoms with Crippen LogP contribution in [0.25, 0.3) is 0 Å². The molecule has 0 radical (unpaired) electrons. The Balaban J connectivity index is 1.84. The van der Waals surface area contributed by atoms with Crippen LogP contribution >= 0.6 is 0 Å². The van der Waals surface area contributed by atoms with E-state index in [1.807, 2.05) is 0 Å². The molecule has 0 aromatic carbocycles. The lowest BCUT2D eigenvalue weighted by Gasteiger charge is -2.41. The number of aliphatic imine (C=N–C) groups is 1. The Labute approximate surface area is 153 Å². The first-order chi connectivity index (χ1) is 12.1. The Kier molecular flexibility index (Phi) is 8.46. The molecule has 2 aliphatic rings. The Bertz CT molecular complexity index is 412. The van der Waals surface area contributed by atoms with Gasteiger partial charge in [-0.05, 0) is 45.4 Å². The molecule has 0 amide bonds. The molecule has 0 aromatic rings. The molecular formula is C19H38N4O2. The Morgan fingerprint density at radius 2 is 2.20 bits per heavy atom. The van der Waals surface area contributed by atoms with Crippen LogP contribution in [0.1, 0.15) is 46.5 Å². The van der Waals surface area contributed by atoms with Crippen LogP contribution in [0.2, 0.25) is 0 Å². The maximum Gasteiger partial charge on any atom is 0.191 e. The zero-order valence-corrected chi connectivity index (χ0v) is 16.6. The molecule has 0 spiro atoms. The summed E-state index contributed by atoms with van der Waals surface area (Å²) in [5, 5.41) is 6.93. The number of ether oxygens (including phenoxy) is 2. The quantitative estimate of drug-likeness (QED) is 0.489. The van der Waals surface area contributed by atoms with E-state index in [0.717, 1.165) is 58.4 Å². The highest BCUT2D eigenvalue weighted by atomic mass is 16.5. The van der Waals surface area contributed by atoms with E-state index in [0.29, 0.717) is 17.5 Å². The molecule has 1 aliphatic heterocycles. The number of morpholine rings is 1. The van der Waals surface area contributed by atoms with Gasteiger partial charge in [-0.3, -0.25) is 9.89 Å². The minimum Gasteiger partial charge on any atom is -0.385 e. The van der Waals surface area contributed by atoms with Crippen molar-refractivity contribution < 1.29 is 9.47 Å². The van der Waals surface area contributed by atoms with Crippen LogP contribution in [0, 0.1) is 5.41 Å². The third-order valence-corrected chi connectivity index (χ3v) is 5.72. The standard InChI is InChI=1S/C19H38N4O2/c1-5-20-18(22-15-19(7-6-8-19)9-11-24-4)21-13-16(2)23-10-12-25-14-17(23)3/h16-17H,5-15H2,1-4H3,(H2,20,21,22). The van der Waals surface area contributed by atoms with Crippen LogP contribution in [-0.2, 0) is 9.47 Å². The lowest BCUT2D eigenvalue weighted by Crippen LogP contribution is -2.53. The summed E-state index contributed by atoms with van der Waals surface area (Å²) in [4.78, 5) is 7.41. The van der Waals surface area contributed by atoms with Crippen molar-refractivity contribution in [3.05, 3.63) is 0 Å². The van der Waals surface area contributed by atoms with E-state index in [1.54, 1.807) is 7.11 Å². The SMILES string of the molecule is CCNC(=NCC1(CCOC)CCC1)NCC(C)N1CCOCC1C. The van der Waals surface area contributed by atoms with Crippen molar-refractivity contribution in [2.45, 2.75) is 58.5 Å². The first-order valence-electron chi connectivity index (χ1n) is 9.95. The van der Waals surface area contributed by atoms with Crippen LogP contribution < -0.4 is 10.6 Å². The smallest absolute Gasteiger partial charge is 0.191 e. The first kappa shape index (κ1) is 20.5. The predicted octanol–water partition coefficient (Wildman–Crippen LogP) is 1.86. The second kappa shape index (κ2) is 10.3. The Morgan fingerprint density at radius 3 is 2.80 bits per heavy atom. The summed E-state index contributed by atoms with van der Waals surface area (Å²) in [7, 11) is 1.79. The zero-order valence-electron chi connectivity index (χ0n) is 16.6. The van der Waals surface area contributed by atoms with E-state index in [-0.39, 0.29) is 0 Å². The van der Waals surface area contributed by atoms with E-state index >= 15 is 0 Å². The summed E-state index contributed by atoms with van der Waals surface area (Å²) in [6.45, 7) is 12.9. The summed E-state index contributed by atoms with van der Waals surface area (Å²) < 4.78 is 10.8. The monoisotopic (exact) mass is 354 g/mol. The van der Waals surface area contributed by atoms with Gasteiger partial charge in [-0.1, -0.05) is 6.42 Å². The van der Waals surface area contributed by atoms with E-state index in [4.69, 9.17) is 14.5 Å². The number of guanidine groups is 1. The molecule has 2 N–H and O–H groups in total. The minimum absolute atomic E-state index is 0.364. The summed E-state index contributed by atoms with van der Waals surface area (Å²) in [6, 6.07) is 0.950. The van der Waals surface area contributed by atoms with Gasteiger partial charge in [-0.15, -0.1) is 0 Å². The van der Waals surface area contributed by atoms with Crippen molar-refractivity contribution >= 4 is 5.96 Å². The van der Waals surface area contributed by atoms with Gasteiger partial charge in [0.1, 0.15) is 0 Å². The van der Waals surface area contributed by atoms with E-state index < -0.39 is 0 Å². The van der Waals surface area contributed by atoms with Crippen LogP contribution in [-0.4, -0.2) is 76.1 Å². The van der Waals surface area contributed by atoms with Crippen LogP contribution in [0.4, 0.5) is 0 Å². The fourth-order valence-electron chi connectivity index (χ4n) is 3.83. The molecule has 2 fully saturated rings. The molecule has 0 aromatic heterocycles. The number of hydrogen-bond acceptors (Lipinski definition) is 4. The molecule has 146 valence electrons. The molecule has 2 rings (SSSR count). The van der Waals surface area contributed by atoms with Crippen molar-refractivity contribution in [1.82, 2.24) is 15.5 Å².